The molecule has 0 fully saturated rings. The van der Waals surface area contributed by atoms with Crippen LogP contribution in [0.4, 0.5) is 0 Å². The van der Waals surface area contributed by atoms with E-state index in [1.807, 2.05) is 58.0 Å². The maximum atomic E-state index is 9.39. The third-order valence-corrected chi connectivity index (χ3v) is 2.90. The molecule has 2 heteroatoms. The van der Waals surface area contributed by atoms with Gasteiger partial charge in [-0.15, -0.1) is 0 Å². The number of benzene rings is 1. The molecule has 0 aliphatic heterocycles. The van der Waals surface area contributed by atoms with Crippen LogP contribution in [0.1, 0.15) is 33.3 Å². The summed E-state index contributed by atoms with van der Waals surface area (Å²) in [6.45, 7) is 7.85. The molecule has 0 spiro atoms. The van der Waals surface area contributed by atoms with Gasteiger partial charge in [0, 0.05) is 0 Å². The van der Waals surface area contributed by atoms with E-state index in [-0.39, 0.29) is 12.2 Å². The first-order valence-corrected chi connectivity index (χ1v) is 5.63. The van der Waals surface area contributed by atoms with Crippen LogP contribution in [0.2, 0.25) is 0 Å². The van der Waals surface area contributed by atoms with E-state index in [9.17, 15) is 5.26 Å². The van der Waals surface area contributed by atoms with E-state index in [0.717, 1.165) is 5.56 Å². The predicted molar refractivity (Wildman–Crippen MR) is 65.1 cm³/mol. The summed E-state index contributed by atoms with van der Waals surface area (Å²) in [7, 11) is 0. The van der Waals surface area contributed by atoms with Crippen molar-refractivity contribution in [2.75, 3.05) is 0 Å². The SMILES string of the molecule is CC(C)OC(C)C(C)(C#N)c1ccccc1. The first-order chi connectivity index (χ1) is 7.50. The van der Waals surface area contributed by atoms with Gasteiger partial charge in [0.2, 0.25) is 0 Å². The van der Waals surface area contributed by atoms with Crippen molar-refractivity contribution in [1.82, 2.24) is 0 Å². The summed E-state index contributed by atoms with van der Waals surface area (Å²) in [4.78, 5) is 0. The highest BCUT2D eigenvalue weighted by Crippen LogP contribution is 2.29. The second-order valence-corrected chi connectivity index (χ2v) is 4.51. The van der Waals surface area contributed by atoms with Gasteiger partial charge in [-0.3, -0.25) is 0 Å². The first kappa shape index (κ1) is 12.7. The summed E-state index contributed by atoms with van der Waals surface area (Å²) in [5, 5.41) is 9.39. The van der Waals surface area contributed by atoms with E-state index in [0.29, 0.717) is 0 Å². The van der Waals surface area contributed by atoms with Crippen molar-refractivity contribution in [2.45, 2.75) is 45.3 Å². The Morgan fingerprint density at radius 1 is 1.19 bits per heavy atom. The number of nitrogens with zero attached hydrogens (tertiary/aromatic N) is 1. The van der Waals surface area contributed by atoms with E-state index in [2.05, 4.69) is 6.07 Å². The van der Waals surface area contributed by atoms with Crippen molar-refractivity contribution in [2.24, 2.45) is 0 Å². The summed E-state index contributed by atoms with van der Waals surface area (Å²) in [5.41, 5.74) is 0.413. The highest BCUT2D eigenvalue weighted by Gasteiger charge is 2.34. The standard InChI is InChI=1S/C14H19NO/c1-11(2)16-12(3)14(4,10-15)13-8-6-5-7-9-13/h5-9,11-12H,1-4H3. The lowest BCUT2D eigenvalue weighted by Crippen LogP contribution is -2.36. The Kier molecular flexibility index (Phi) is 4.09. The Balaban J connectivity index is 2.99. The number of hydrogen-bond acceptors (Lipinski definition) is 2. The Morgan fingerprint density at radius 3 is 2.19 bits per heavy atom. The van der Waals surface area contributed by atoms with Crippen LogP contribution in [-0.4, -0.2) is 12.2 Å². The van der Waals surface area contributed by atoms with Crippen molar-refractivity contribution in [3.63, 3.8) is 0 Å². The molecule has 0 N–H and O–H groups in total. The average Bonchev–Trinajstić information content (AvgIpc) is 2.28. The highest BCUT2D eigenvalue weighted by atomic mass is 16.5. The van der Waals surface area contributed by atoms with Gasteiger partial charge in [-0.2, -0.15) is 5.26 Å². The van der Waals surface area contributed by atoms with Gasteiger partial charge in [0.1, 0.15) is 5.41 Å². The molecular formula is C14H19NO. The van der Waals surface area contributed by atoms with Crippen molar-refractivity contribution in [3.8, 4) is 6.07 Å². The Hall–Kier alpha value is -1.33. The van der Waals surface area contributed by atoms with Crippen LogP contribution in [0.15, 0.2) is 30.3 Å². The topological polar surface area (TPSA) is 33.0 Å². The maximum Gasteiger partial charge on any atom is 0.105 e. The summed E-state index contributed by atoms with van der Waals surface area (Å²) in [6, 6.07) is 12.2. The minimum Gasteiger partial charge on any atom is -0.374 e. The minimum absolute atomic E-state index is 0.125. The van der Waals surface area contributed by atoms with Crippen LogP contribution in [0.25, 0.3) is 0 Å². The minimum atomic E-state index is -0.592. The molecule has 0 aliphatic carbocycles. The normalized spacial score (nSPS) is 16.5. The third kappa shape index (κ3) is 2.62. The molecule has 0 radical (unpaired) electrons. The lowest BCUT2D eigenvalue weighted by Gasteiger charge is -2.30. The van der Waals surface area contributed by atoms with Gasteiger partial charge in [0.05, 0.1) is 18.3 Å². The van der Waals surface area contributed by atoms with E-state index in [4.69, 9.17) is 4.74 Å². The van der Waals surface area contributed by atoms with Crippen molar-refractivity contribution in [3.05, 3.63) is 35.9 Å². The molecule has 1 rings (SSSR count). The smallest absolute Gasteiger partial charge is 0.105 e. The van der Waals surface area contributed by atoms with Gasteiger partial charge in [0.25, 0.3) is 0 Å². The summed E-state index contributed by atoms with van der Waals surface area (Å²) >= 11 is 0. The molecule has 0 aromatic heterocycles. The van der Waals surface area contributed by atoms with Crippen LogP contribution in [-0.2, 0) is 10.2 Å². The molecule has 1 aromatic rings. The molecule has 86 valence electrons. The van der Waals surface area contributed by atoms with Gasteiger partial charge in [-0.05, 0) is 33.3 Å². The van der Waals surface area contributed by atoms with E-state index in [1.54, 1.807) is 0 Å². The van der Waals surface area contributed by atoms with E-state index in [1.165, 1.54) is 0 Å². The second-order valence-electron chi connectivity index (χ2n) is 4.51. The molecule has 16 heavy (non-hydrogen) atoms. The molecule has 2 atom stereocenters. The molecule has 1 aromatic carbocycles. The zero-order valence-corrected chi connectivity index (χ0v) is 10.4. The molecule has 0 bridgehead atoms. The molecule has 0 saturated carbocycles. The number of nitriles is 1. The van der Waals surface area contributed by atoms with Crippen LogP contribution >= 0.6 is 0 Å². The fraction of sp³-hybridized carbons (Fsp3) is 0.500. The molecule has 0 saturated heterocycles. The highest BCUT2D eigenvalue weighted by molar-refractivity contribution is 5.32. The molecule has 2 unspecified atom stereocenters. The van der Waals surface area contributed by atoms with Gasteiger partial charge >= 0.3 is 0 Å². The quantitative estimate of drug-likeness (QED) is 0.775. The third-order valence-electron chi connectivity index (χ3n) is 2.90. The largest absolute Gasteiger partial charge is 0.374 e. The average molecular weight is 217 g/mol. The molecule has 0 amide bonds. The molecular weight excluding hydrogens is 198 g/mol. The van der Waals surface area contributed by atoms with Crippen LogP contribution in [0, 0.1) is 11.3 Å². The lowest BCUT2D eigenvalue weighted by atomic mass is 9.79. The van der Waals surface area contributed by atoms with Crippen LogP contribution in [0.5, 0.6) is 0 Å². The van der Waals surface area contributed by atoms with Crippen LogP contribution < -0.4 is 0 Å². The molecule has 0 heterocycles. The monoisotopic (exact) mass is 217 g/mol. The Morgan fingerprint density at radius 2 is 1.75 bits per heavy atom. The fourth-order valence-corrected chi connectivity index (χ4v) is 1.72. The zero-order valence-electron chi connectivity index (χ0n) is 10.4. The lowest BCUT2D eigenvalue weighted by molar-refractivity contribution is -0.00987. The van der Waals surface area contributed by atoms with Gasteiger partial charge < -0.3 is 4.74 Å². The van der Waals surface area contributed by atoms with E-state index >= 15 is 0 Å². The maximum absolute atomic E-state index is 9.39. The number of hydrogen-bond donors (Lipinski definition) is 0. The number of ether oxygens (including phenoxy) is 1. The zero-order chi connectivity index (χ0) is 12.2. The van der Waals surface area contributed by atoms with E-state index < -0.39 is 5.41 Å². The second kappa shape index (κ2) is 5.14. The van der Waals surface area contributed by atoms with Gasteiger partial charge in [0.15, 0.2) is 0 Å². The Bertz CT molecular complexity index is 366. The van der Waals surface area contributed by atoms with Gasteiger partial charge in [-0.1, -0.05) is 30.3 Å². The molecule has 2 nitrogen and oxygen atoms in total. The number of rotatable bonds is 4. The molecule has 0 aliphatic rings. The predicted octanol–water partition coefficient (Wildman–Crippen LogP) is 3.28. The van der Waals surface area contributed by atoms with Crippen molar-refractivity contribution < 1.29 is 4.74 Å². The summed E-state index contributed by atoms with van der Waals surface area (Å²) < 4.78 is 5.74. The van der Waals surface area contributed by atoms with Crippen molar-refractivity contribution >= 4 is 0 Å². The van der Waals surface area contributed by atoms with Crippen LogP contribution in [0.3, 0.4) is 0 Å². The summed E-state index contributed by atoms with van der Waals surface area (Å²) in [6.07, 6.45) is 0.00582. The van der Waals surface area contributed by atoms with Crippen molar-refractivity contribution in [1.29, 1.82) is 5.26 Å². The fourth-order valence-electron chi connectivity index (χ4n) is 1.72. The first-order valence-electron chi connectivity index (χ1n) is 5.63. The summed E-state index contributed by atoms with van der Waals surface area (Å²) in [5.74, 6) is 0. The Labute approximate surface area is 97.9 Å². The van der Waals surface area contributed by atoms with Gasteiger partial charge in [-0.25, -0.2) is 0 Å².